The van der Waals surface area contributed by atoms with Gasteiger partial charge in [0.15, 0.2) is 0 Å². The molecule has 0 nitrogen and oxygen atoms in total. The molecule has 160 valence electrons. The van der Waals surface area contributed by atoms with E-state index in [2.05, 4.69) is 13.8 Å². The van der Waals surface area contributed by atoms with Gasteiger partial charge in [0.2, 0.25) is 0 Å². The van der Waals surface area contributed by atoms with E-state index in [0.29, 0.717) is 0 Å². The predicted molar refractivity (Wildman–Crippen MR) is 120 cm³/mol. The van der Waals surface area contributed by atoms with Gasteiger partial charge in [-0.05, 0) is 136 Å². The van der Waals surface area contributed by atoms with Gasteiger partial charge in [-0.1, -0.05) is 39.5 Å². The van der Waals surface area contributed by atoms with Crippen LogP contribution in [0, 0.1) is 46.3 Å². The van der Waals surface area contributed by atoms with Crippen LogP contribution in [0.1, 0.15) is 129 Å². The minimum absolute atomic E-state index is 0.825. The Labute approximate surface area is 176 Å². The van der Waals surface area contributed by atoms with E-state index in [1.54, 1.807) is 89.9 Å². The van der Waals surface area contributed by atoms with Crippen molar-refractivity contribution in [1.82, 2.24) is 0 Å². The van der Waals surface area contributed by atoms with Crippen LogP contribution in [0.25, 0.3) is 0 Å². The van der Waals surface area contributed by atoms with Gasteiger partial charge < -0.3 is 0 Å². The van der Waals surface area contributed by atoms with Gasteiger partial charge in [0.05, 0.1) is 0 Å². The normalized spacial score (nSPS) is 52.5. The smallest absolute Gasteiger partial charge is 0.0287 e. The van der Waals surface area contributed by atoms with Gasteiger partial charge in [0.1, 0.15) is 0 Å². The maximum absolute atomic E-state index is 2.48. The maximum Gasteiger partial charge on any atom is -0.0287 e. The Hall–Kier alpha value is 0. The summed E-state index contributed by atoms with van der Waals surface area (Å²) in [6.07, 6.45) is 28.4. The van der Waals surface area contributed by atoms with E-state index in [9.17, 15) is 0 Å². The molecule has 0 N–H and O–H groups in total. The molecule has 0 aromatic rings. The summed E-state index contributed by atoms with van der Waals surface area (Å²) in [6, 6.07) is 0. The van der Waals surface area contributed by atoms with Crippen molar-refractivity contribution in [3.05, 3.63) is 0 Å². The Kier molecular flexibility index (Phi) is 5.64. The van der Waals surface area contributed by atoms with Gasteiger partial charge in [-0.3, -0.25) is 0 Å². The minimum Gasteiger partial charge on any atom is -0.0625 e. The van der Waals surface area contributed by atoms with E-state index in [1.165, 1.54) is 25.7 Å². The van der Waals surface area contributed by atoms with E-state index in [4.69, 9.17) is 0 Å². The van der Waals surface area contributed by atoms with Gasteiger partial charge in [-0.2, -0.15) is 0 Å². The number of hydrogen-bond acceptors (Lipinski definition) is 0. The van der Waals surface area contributed by atoms with Crippen LogP contribution in [0.5, 0.6) is 0 Å². The quantitative estimate of drug-likeness (QED) is 0.446. The minimum atomic E-state index is 0.825. The molecule has 0 saturated heterocycles. The molecule has 5 saturated carbocycles. The van der Waals surface area contributed by atoms with Crippen LogP contribution in [0.4, 0.5) is 0 Å². The van der Waals surface area contributed by atoms with Crippen LogP contribution in [-0.4, -0.2) is 0 Å². The average molecular weight is 385 g/mol. The summed E-state index contributed by atoms with van der Waals surface area (Å²) in [7, 11) is 0. The fourth-order valence-corrected chi connectivity index (χ4v) is 9.21. The highest BCUT2D eigenvalue weighted by Gasteiger charge is 2.56. The van der Waals surface area contributed by atoms with Crippen molar-refractivity contribution in [3.63, 3.8) is 0 Å². The van der Waals surface area contributed by atoms with Crippen molar-refractivity contribution in [2.45, 2.75) is 129 Å². The fourth-order valence-electron chi connectivity index (χ4n) is 9.21. The maximum atomic E-state index is 2.48. The van der Waals surface area contributed by atoms with Crippen molar-refractivity contribution >= 4 is 0 Å². The van der Waals surface area contributed by atoms with Gasteiger partial charge in [-0.15, -0.1) is 0 Å². The van der Waals surface area contributed by atoms with Gasteiger partial charge in [-0.25, -0.2) is 0 Å². The van der Waals surface area contributed by atoms with Crippen molar-refractivity contribution in [1.29, 1.82) is 0 Å². The molecule has 5 aliphatic rings. The molecule has 0 atom stereocenters. The Bertz CT molecular complexity index is 444. The summed E-state index contributed by atoms with van der Waals surface area (Å²) in [6.45, 7) is 4.95. The molecule has 2 spiro atoms. The van der Waals surface area contributed by atoms with Gasteiger partial charge in [0.25, 0.3) is 0 Å². The molecule has 0 aliphatic heterocycles. The third-order valence-corrected chi connectivity index (χ3v) is 11.1. The van der Waals surface area contributed by atoms with E-state index in [1.807, 2.05) is 0 Å². The second-order valence-electron chi connectivity index (χ2n) is 13.1. The summed E-state index contributed by atoms with van der Waals surface area (Å²) in [5, 5.41) is 0. The molecule has 0 heterocycles. The first kappa shape index (κ1) is 19.9. The van der Waals surface area contributed by atoms with Crippen LogP contribution in [0.15, 0.2) is 0 Å². The molecule has 0 unspecified atom stereocenters. The Morgan fingerprint density at radius 1 is 0.393 bits per heavy atom. The van der Waals surface area contributed by atoms with Crippen molar-refractivity contribution < 1.29 is 0 Å². The summed E-state index contributed by atoms with van der Waals surface area (Å²) < 4.78 is 0. The number of rotatable bonds is 2. The van der Waals surface area contributed by atoms with Crippen LogP contribution in [0.3, 0.4) is 0 Å². The van der Waals surface area contributed by atoms with Gasteiger partial charge >= 0.3 is 0 Å². The fraction of sp³-hybridized carbons (Fsp3) is 1.00. The third-order valence-electron chi connectivity index (χ3n) is 11.1. The first-order valence-corrected chi connectivity index (χ1v) is 13.5. The molecule has 5 fully saturated rings. The topological polar surface area (TPSA) is 0 Å². The molecule has 0 heteroatoms. The zero-order chi connectivity index (χ0) is 19.2. The molecule has 0 aromatic carbocycles. The lowest BCUT2D eigenvalue weighted by Crippen LogP contribution is -2.50. The largest absolute Gasteiger partial charge is 0.0625 e. The zero-order valence-corrected chi connectivity index (χ0v) is 19.2. The highest BCUT2D eigenvalue weighted by molar-refractivity contribution is 5.07. The van der Waals surface area contributed by atoms with E-state index < -0.39 is 0 Å². The third kappa shape index (κ3) is 3.97. The molecular weight excluding hydrogens is 336 g/mol. The summed E-state index contributed by atoms with van der Waals surface area (Å²) in [5.74, 6) is 6.47. The lowest BCUT2D eigenvalue weighted by molar-refractivity contribution is -0.109. The molecule has 0 bridgehead atoms. The Morgan fingerprint density at radius 3 is 1.00 bits per heavy atom. The molecule has 0 radical (unpaired) electrons. The molecule has 5 aliphatic carbocycles. The molecular formula is C28H48. The average Bonchev–Trinajstić information content (AvgIpc) is 2.70. The first-order chi connectivity index (χ1) is 13.5. The van der Waals surface area contributed by atoms with Crippen LogP contribution >= 0.6 is 0 Å². The van der Waals surface area contributed by atoms with Crippen LogP contribution < -0.4 is 0 Å². The van der Waals surface area contributed by atoms with Gasteiger partial charge in [0, 0.05) is 0 Å². The SMILES string of the molecule is C[C@H]1CC[C@H](C2CCC3(CC2)CC2(CCC([C@H]4CC[C@H](C)CC4)CC2)C3)CC1. The number of hydrogen-bond donors (Lipinski definition) is 0. The Morgan fingerprint density at radius 2 is 0.679 bits per heavy atom. The predicted octanol–water partition coefficient (Wildman–Crippen LogP) is 8.79. The van der Waals surface area contributed by atoms with Crippen molar-refractivity contribution in [2.24, 2.45) is 46.3 Å². The summed E-state index contributed by atoms with van der Waals surface area (Å²) in [5.41, 5.74) is 1.65. The van der Waals surface area contributed by atoms with Crippen molar-refractivity contribution in [3.8, 4) is 0 Å². The molecule has 0 aromatic heterocycles. The second kappa shape index (κ2) is 7.92. The standard InChI is InChI=1S/C28H48/c1-21-3-7-23(8-4-21)25-11-15-27(16-12-25)19-28(20-27)17-13-26(14-18-28)24-9-5-22(2)6-10-24/h21-26H,3-20H2,1-2H3/t21-,22-,23-,24-,25?,26?,27?,28?. The molecule has 28 heavy (non-hydrogen) atoms. The highest BCUT2D eigenvalue weighted by atomic mass is 14.6. The lowest BCUT2D eigenvalue weighted by atomic mass is 9.43. The molecule has 0 amide bonds. The van der Waals surface area contributed by atoms with E-state index in [-0.39, 0.29) is 0 Å². The lowest BCUT2D eigenvalue weighted by Gasteiger charge is -2.62. The van der Waals surface area contributed by atoms with E-state index >= 15 is 0 Å². The summed E-state index contributed by atoms with van der Waals surface area (Å²) in [4.78, 5) is 0. The molecule has 5 rings (SSSR count). The highest BCUT2D eigenvalue weighted by Crippen LogP contribution is 2.67. The first-order valence-electron chi connectivity index (χ1n) is 13.5. The van der Waals surface area contributed by atoms with Crippen LogP contribution in [0.2, 0.25) is 0 Å². The Balaban J connectivity index is 1.07. The zero-order valence-electron chi connectivity index (χ0n) is 19.2. The van der Waals surface area contributed by atoms with E-state index in [0.717, 1.165) is 46.3 Å². The van der Waals surface area contributed by atoms with Crippen LogP contribution in [-0.2, 0) is 0 Å². The van der Waals surface area contributed by atoms with Crippen molar-refractivity contribution in [2.75, 3.05) is 0 Å². The summed E-state index contributed by atoms with van der Waals surface area (Å²) >= 11 is 0. The second-order valence-corrected chi connectivity index (χ2v) is 13.1. The monoisotopic (exact) mass is 384 g/mol.